The first-order valence-corrected chi connectivity index (χ1v) is 5.68. The number of hydrogen-bond acceptors (Lipinski definition) is 2. The minimum absolute atomic E-state index is 0. The van der Waals surface area contributed by atoms with Gasteiger partial charge in [-0.15, -0.1) is 12.4 Å². The van der Waals surface area contributed by atoms with Crippen molar-refractivity contribution < 1.29 is 0 Å². The Morgan fingerprint density at radius 2 is 1.81 bits per heavy atom. The lowest BCUT2D eigenvalue weighted by atomic mass is 9.98. The predicted molar refractivity (Wildman–Crippen MR) is 73.0 cm³/mol. The van der Waals surface area contributed by atoms with Crippen LogP contribution in [-0.2, 0) is 0 Å². The van der Waals surface area contributed by atoms with Gasteiger partial charge in [0.2, 0.25) is 0 Å². The molecule has 0 aromatic heterocycles. The lowest BCUT2D eigenvalue weighted by Gasteiger charge is -2.13. The van der Waals surface area contributed by atoms with Crippen molar-refractivity contribution in [3.8, 4) is 0 Å². The molecule has 0 saturated heterocycles. The summed E-state index contributed by atoms with van der Waals surface area (Å²) < 4.78 is 0. The van der Waals surface area contributed by atoms with Gasteiger partial charge in [-0.1, -0.05) is 24.6 Å². The SMILES string of the molecule is Cc1ccc([C@H](N)CCCCN)cc1C.Cl. The van der Waals surface area contributed by atoms with Crippen LogP contribution in [0.1, 0.15) is 42.0 Å². The highest BCUT2D eigenvalue weighted by atomic mass is 35.5. The maximum Gasteiger partial charge on any atom is 0.0294 e. The molecule has 4 N–H and O–H groups in total. The van der Waals surface area contributed by atoms with E-state index in [1.165, 1.54) is 16.7 Å². The zero-order valence-corrected chi connectivity index (χ0v) is 11.0. The molecule has 0 aliphatic rings. The lowest BCUT2D eigenvalue weighted by molar-refractivity contribution is 0.590. The average molecular weight is 243 g/mol. The van der Waals surface area contributed by atoms with Crippen LogP contribution >= 0.6 is 12.4 Å². The molecule has 1 rings (SSSR count). The number of aryl methyl sites for hydroxylation is 2. The first kappa shape index (κ1) is 15.4. The Balaban J connectivity index is 0.00000225. The van der Waals surface area contributed by atoms with E-state index in [9.17, 15) is 0 Å². The number of hydrogen-bond donors (Lipinski definition) is 2. The van der Waals surface area contributed by atoms with Crippen molar-refractivity contribution in [1.82, 2.24) is 0 Å². The maximum absolute atomic E-state index is 6.11. The van der Waals surface area contributed by atoms with Gasteiger partial charge in [0.05, 0.1) is 0 Å². The number of halogens is 1. The van der Waals surface area contributed by atoms with Crippen LogP contribution < -0.4 is 11.5 Å². The Hall–Kier alpha value is -0.570. The Bertz CT molecular complexity index is 313. The molecule has 1 aromatic carbocycles. The van der Waals surface area contributed by atoms with Crippen molar-refractivity contribution in [2.75, 3.05) is 6.54 Å². The molecule has 92 valence electrons. The summed E-state index contributed by atoms with van der Waals surface area (Å²) in [5.41, 5.74) is 15.5. The summed E-state index contributed by atoms with van der Waals surface area (Å²) >= 11 is 0. The summed E-state index contributed by atoms with van der Waals surface area (Å²) in [5, 5.41) is 0. The van der Waals surface area contributed by atoms with E-state index in [0.29, 0.717) is 0 Å². The molecule has 0 fully saturated rings. The topological polar surface area (TPSA) is 52.0 Å². The Morgan fingerprint density at radius 1 is 1.12 bits per heavy atom. The summed E-state index contributed by atoms with van der Waals surface area (Å²) in [6.45, 7) is 5.02. The summed E-state index contributed by atoms with van der Waals surface area (Å²) in [6, 6.07) is 6.64. The van der Waals surface area contributed by atoms with E-state index in [4.69, 9.17) is 11.5 Å². The second kappa shape index (κ2) is 7.66. The van der Waals surface area contributed by atoms with E-state index in [2.05, 4.69) is 32.0 Å². The first-order chi connectivity index (χ1) is 7.15. The third-order valence-corrected chi connectivity index (χ3v) is 2.93. The van der Waals surface area contributed by atoms with Gasteiger partial charge in [-0.3, -0.25) is 0 Å². The number of unbranched alkanes of at least 4 members (excludes halogenated alkanes) is 1. The highest BCUT2D eigenvalue weighted by molar-refractivity contribution is 5.85. The first-order valence-electron chi connectivity index (χ1n) is 5.68. The fourth-order valence-electron chi connectivity index (χ4n) is 1.67. The molecule has 16 heavy (non-hydrogen) atoms. The number of rotatable bonds is 5. The van der Waals surface area contributed by atoms with Crippen molar-refractivity contribution in [2.24, 2.45) is 11.5 Å². The molecule has 2 nitrogen and oxygen atoms in total. The van der Waals surface area contributed by atoms with Gasteiger partial charge in [0, 0.05) is 6.04 Å². The molecule has 0 spiro atoms. The molecule has 0 saturated carbocycles. The van der Waals surface area contributed by atoms with Gasteiger partial charge in [0.1, 0.15) is 0 Å². The van der Waals surface area contributed by atoms with Crippen LogP contribution in [0.2, 0.25) is 0 Å². The quantitative estimate of drug-likeness (QED) is 0.781. The standard InChI is InChI=1S/C13H22N2.ClH/c1-10-6-7-12(9-11(10)2)13(15)5-3-4-8-14;/h6-7,9,13H,3-5,8,14-15H2,1-2H3;1H/t13-;/m1./s1. The van der Waals surface area contributed by atoms with Crippen molar-refractivity contribution in [3.63, 3.8) is 0 Å². The molecule has 0 radical (unpaired) electrons. The largest absolute Gasteiger partial charge is 0.330 e. The van der Waals surface area contributed by atoms with Crippen LogP contribution in [0.4, 0.5) is 0 Å². The summed E-state index contributed by atoms with van der Waals surface area (Å²) in [6.07, 6.45) is 3.21. The highest BCUT2D eigenvalue weighted by Crippen LogP contribution is 2.19. The van der Waals surface area contributed by atoms with E-state index in [1.54, 1.807) is 0 Å². The third kappa shape index (κ3) is 4.52. The number of nitrogens with two attached hydrogens (primary N) is 2. The lowest BCUT2D eigenvalue weighted by Crippen LogP contribution is -2.11. The normalized spacial score (nSPS) is 12.0. The fraction of sp³-hybridized carbons (Fsp3) is 0.538. The van der Waals surface area contributed by atoms with Gasteiger partial charge in [0.15, 0.2) is 0 Å². The van der Waals surface area contributed by atoms with Crippen molar-refractivity contribution >= 4 is 12.4 Å². The van der Waals surface area contributed by atoms with Gasteiger partial charge in [0.25, 0.3) is 0 Å². The van der Waals surface area contributed by atoms with Crippen LogP contribution in [0.25, 0.3) is 0 Å². The van der Waals surface area contributed by atoms with Gasteiger partial charge in [-0.2, -0.15) is 0 Å². The van der Waals surface area contributed by atoms with E-state index >= 15 is 0 Å². The Morgan fingerprint density at radius 3 is 2.38 bits per heavy atom. The van der Waals surface area contributed by atoms with E-state index in [1.807, 2.05) is 0 Å². The molecule has 0 heterocycles. The smallest absolute Gasteiger partial charge is 0.0294 e. The molecular weight excluding hydrogens is 220 g/mol. The fourth-order valence-corrected chi connectivity index (χ4v) is 1.67. The summed E-state index contributed by atoms with van der Waals surface area (Å²) in [7, 11) is 0. The van der Waals surface area contributed by atoms with Crippen LogP contribution in [0.5, 0.6) is 0 Å². The van der Waals surface area contributed by atoms with E-state index in [0.717, 1.165) is 25.8 Å². The van der Waals surface area contributed by atoms with Crippen LogP contribution in [0.3, 0.4) is 0 Å². The van der Waals surface area contributed by atoms with Gasteiger partial charge >= 0.3 is 0 Å². The van der Waals surface area contributed by atoms with Crippen molar-refractivity contribution in [3.05, 3.63) is 34.9 Å². The molecule has 1 aromatic rings. The monoisotopic (exact) mass is 242 g/mol. The van der Waals surface area contributed by atoms with Crippen molar-refractivity contribution in [2.45, 2.75) is 39.2 Å². The van der Waals surface area contributed by atoms with Gasteiger partial charge in [-0.05, 0) is 49.9 Å². The second-order valence-corrected chi connectivity index (χ2v) is 4.23. The summed E-state index contributed by atoms with van der Waals surface area (Å²) in [4.78, 5) is 0. The molecule has 0 amide bonds. The molecule has 0 aliphatic heterocycles. The highest BCUT2D eigenvalue weighted by Gasteiger charge is 2.06. The second-order valence-electron chi connectivity index (χ2n) is 4.23. The van der Waals surface area contributed by atoms with Crippen LogP contribution in [-0.4, -0.2) is 6.54 Å². The average Bonchev–Trinajstić information content (AvgIpc) is 2.22. The minimum atomic E-state index is 0. The molecule has 0 aliphatic carbocycles. The van der Waals surface area contributed by atoms with Crippen LogP contribution in [0.15, 0.2) is 18.2 Å². The number of benzene rings is 1. The van der Waals surface area contributed by atoms with Crippen LogP contribution in [0, 0.1) is 13.8 Å². The third-order valence-electron chi connectivity index (χ3n) is 2.93. The maximum atomic E-state index is 6.11. The molecule has 3 heteroatoms. The predicted octanol–water partition coefficient (Wildman–Crippen LogP) is 2.85. The van der Waals surface area contributed by atoms with Crippen molar-refractivity contribution in [1.29, 1.82) is 0 Å². The molecule has 0 bridgehead atoms. The molecule has 0 unspecified atom stereocenters. The summed E-state index contributed by atoms with van der Waals surface area (Å²) in [5.74, 6) is 0. The zero-order chi connectivity index (χ0) is 11.3. The van der Waals surface area contributed by atoms with Gasteiger partial charge < -0.3 is 11.5 Å². The van der Waals surface area contributed by atoms with E-state index < -0.39 is 0 Å². The van der Waals surface area contributed by atoms with Gasteiger partial charge in [-0.25, -0.2) is 0 Å². The van der Waals surface area contributed by atoms with E-state index in [-0.39, 0.29) is 18.4 Å². The zero-order valence-electron chi connectivity index (χ0n) is 10.2. The molecule has 1 atom stereocenters. The minimum Gasteiger partial charge on any atom is -0.330 e. The Kier molecular flexibility index (Phi) is 7.39. The Labute approximate surface area is 105 Å². The molecular formula is C13H23ClN2.